The third-order valence-electron chi connectivity index (χ3n) is 3.25. The predicted octanol–water partition coefficient (Wildman–Crippen LogP) is 3.57. The predicted molar refractivity (Wildman–Crippen MR) is 75.5 cm³/mol. The maximum Gasteiger partial charge on any atom is 0.307 e. The third-order valence-corrected chi connectivity index (χ3v) is 3.25. The molecule has 0 aliphatic rings. The standard InChI is InChI=1S/C16H12FNO3/c1-9-6-11(8-14(19)20)15-13(7-9)16(21-18-15)10-2-4-12(17)5-3-10/h2-7H,8H2,1H3,(H,19,20). The van der Waals surface area contributed by atoms with Crippen LogP contribution in [0.4, 0.5) is 4.39 Å². The molecule has 0 unspecified atom stereocenters. The molecule has 21 heavy (non-hydrogen) atoms. The van der Waals surface area contributed by atoms with E-state index in [2.05, 4.69) is 5.16 Å². The summed E-state index contributed by atoms with van der Waals surface area (Å²) in [5, 5.41) is 13.7. The van der Waals surface area contributed by atoms with Crippen LogP contribution in [0, 0.1) is 12.7 Å². The SMILES string of the molecule is Cc1cc(CC(=O)O)c2noc(-c3ccc(F)cc3)c2c1. The summed E-state index contributed by atoms with van der Waals surface area (Å²) in [5.41, 5.74) is 2.76. The Balaban J connectivity index is 2.19. The molecule has 0 saturated carbocycles. The number of carboxylic acids is 1. The van der Waals surface area contributed by atoms with Gasteiger partial charge in [0.1, 0.15) is 11.3 Å². The lowest BCUT2D eigenvalue weighted by molar-refractivity contribution is -0.136. The molecule has 0 atom stereocenters. The van der Waals surface area contributed by atoms with Crippen LogP contribution < -0.4 is 0 Å². The number of nitrogens with zero attached hydrogens (tertiary/aromatic N) is 1. The lowest BCUT2D eigenvalue weighted by atomic mass is 10.0. The Hall–Kier alpha value is -2.69. The monoisotopic (exact) mass is 285 g/mol. The van der Waals surface area contributed by atoms with E-state index in [9.17, 15) is 9.18 Å². The molecule has 0 bridgehead atoms. The molecule has 0 fully saturated rings. The summed E-state index contributed by atoms with van der Waals surface area (Å²) >= 11 is 0. The van der Waals surface area contributed by atoms with Gasteiger partial charge >= 0.3 is 5.97 Å². The highest BCUT2D eigenvalue weighted by Gasteiger charge is 2.16. The number of rotatable bonds is 3. The van der Waals surface area contributed by atoms with Gasteiger partial charge in [-0.1, -0.05) is 11.2 Å². The maximum atomic E-state index is 13.0. The number of aliphatic carboxylic acids is 1. The molecule has 0 amide bonds. The summed E-state index contributed by atoms with van der Waals surface area (Å²) in [7, 11) is 0. The van der Waals surface area contributed by atoms with Crippen LogP contribution in [0.15, 0.2) is 40.9 Å². The number of halogens is 1. The summed E-state index contributed by atoms with van der Waals surface area (Å²) < 4.78 is 18.4. The van der Waals surface area contributed by atoms with E-state index in [1.54, 1.807) is 18.2 Å². The van der Waals surface area contributed by atoms with Crippen LogP contribution in [-0.4, -0.2) is 16.2 Å². The number of benzene rings is 2. The smallest absolute Gasteiger partial charge is 0.307 e. The molecule has 3 aromatic rings. The third kappa shape index (κ3) is 2.50. The van der Waals surface area contributed by atoms with Crippen LogP contribution in [0.3, 0.4) is 0 Å². The lowest BCUT2D eigenvalue weighted by Gasteiger charge is -2.02. The van der Waals surface area contributed by atoms with Crippen molar-refractivity contribution in [2.45, 2.75) is 13.3 Å². The molecule has 1 aromatic heterocycles. The molecule has 0 radical (unpaired) electrons. The highest BCUT2D eigenvalue weighted by Crippen LogP contribution is 2.31. The van der Waals surface area contributed by atoms with Crippen molar-refractivity contribution in [2.75, 3.05) is 0 Å². The van der Waals surface area contributed by atoms with E-state index in [-0.39, 0.29) is 12.2 Å². The molecule has 1 heterocycles. The molecule has 3 rings (SSSR count). The van der Waals surface area contributed by atoms with E-state index in [0.29, 0.717) is 22.4 Å². The van der Waals surface area contributed by atoms with E-state index >= 15 is 0 Å². The quantitative estimate of drug-likeness (QED) is 0.799. The fraction of sp³-hybridized carbons (Fsp3) is 0.125. The first-order valence-electron chi connectivity index (χ1n) is 6.41. The number of carboxylic acid groups (broad SMARTS) is 1. The highest BCUT2D eigenvalue weighted by molar-refractivity contribution is 5.95. The minimum atomic E-state index is -0.923. The number of hydrogen-bond donors (Lipinski definition) is 1. The zero-order valence-electron chi connectivity index (χ0n) is 11.3. The number of aryl methyl sites for hydroxylation is 1. The van der Waals surface area contributed by atoms with Crippen molar-refractivity contribution in [1.29, 1.82) is 0 Å². The topological polar surface area (TPSA) is 63.3 Å². The van der Waals surface area contributed by atoms with Gasteiger partial charge in [0.2, 0.25) is 0 Å². The first-order valence-corrected chi connectivity index (χ1v) is 6.41. The molecular formula is C16H12FNO3. The fourth-order valence-corrected chi connectivity index (χ4v) is 2.38. The first kappa shape index (κ1) is 13.3. The number of fused-ring (bicyclic) bond motifs is 1. The average molecular weight is 285 g/mol. The van der Waals surface area contributed by atoms with Gasteiger partial charge in [0, 0.05) is 5.56 Å². The molecular weight excluding hydrogens is 273 g/mol. The van der Waals surface area contributed by atoms with Crippen molar-refractivity contribution in [1.82, 2.24) is 5.16 Å². The number of hydrogen-bond acceptors (Lipinski definition) is 3. The molecule has 106 valence electrons. The second-order valence-corrected chi connectivity index (χ2v) is 4.91. The van der Waals surface area contributed by atoms with Crippen LogP contribution in [0.5, 0.6) is 0 Å². The number of carbonyl (C=O) groups is 1. The molecule has 0 saturated heterocycles. The van der Waals surface area contributed by atoms with Gasteiger partial charge in [0.15, 0.2) is 5.76 Å². The van der Waals surface area contributed by atoms with E-state index in [4.69, 9.17) is 9.63 Å². The second-order valence-electron chi connectivity index (χ2n) is 4.91. The van der Waals surface area contributed by atoms with Gasteiger partial charge in [-0.25, -0.2) is 4.39 Å². The zero-order valence-corrected chi connectivity index (χ0v) is 11.3. The highest BCUT2D eigenvalue weighted by atomic mass is 19.1. The van der Waals surface area contributed by atoms with Crippen molar-refractivity contribution < 1.29 is 18.8 Å². The van der Waals surface area contributed by atoms with E-state index in [1.807, 2.05) is 13.0 Å². The largest absolute Gasteiger partial charge is 0.481 e. The molecule has 0 aliphatic carbocycles. The van der Waals surface area contributed by atoms with Gasteiger partial charge < -0.3 is 9.63 Å². The Kier molecular flexibility index (Phi) is 3.17. The fourth-order valence-electron chi connectivity index (χ4n) is 2.38. The zero-order chi connectivity index (χ0) is 15.0. The van der Waals surface area contributed by atoms with Gasteiger partial charge in [0.05, 0.1) is 11.8 Å². The first-order chi connectivity index (χ1) is 10.0. The molecule has 5 heteroatoms. The summed E-state index contributed by atoms with van der Waals surface area (Å²) in [6.07, 6.45) is -0.117. The van der Waals surface area contributed by atoms with Gasteiger partial charge in [-0.2, -0.15) is 0 Å². The van der Waals surface area contributed by atoms with Crippen LogP contribution in [0.1, 0.15) is 11.1 Å². The van der Waals surface area contributed by atoms with Crippen LogP contribution >= 0.6 is 0 Å². The van der Waals surface area contributed by atoms with Crippen LogP contribution in [-0.2, 0) is 11.2 Å². The molecule has 4 nitrogen and oxygen atoms in total. The van der Waals surface area contributed by atoms with Gasteiger partial charge in [-0.3, -0.25) is 4.79 Å². The molecule has 0 aliphatic heterocycles. The maximum absolute atomic E-state index is 13.0. The molecule has 1 N–H and O–H groups in total. The Morgan fingerprint density at radius 3 is 2.67 bits per heavy atom. The summed E-state index contributed by atoms with van der Waals surface area (Å²) in [4.78, 5) is 10.9. The minimum absolute atomic E-state index is 0.117. The Morgan fingerprint density at radius 2 is 2.00 bits per heavy atom. The normalized spacial score (nSPS) is 11.0. The summed E-state index contributed by atoms with van der Waals surface area (Å²) in [5.74, 6) is -0.737. The van der Waals surface area contributed by atoms with Crippen LogP contribution in [0.25, 0.3) is 22.2 Å². The summed E-state index contributed by atoms with van der Waals surface area (Å²) in [6, 6.07) is 9.57. The van der Waals surface area contributed by atoms with Crippen molar-refractivity contribution in [3.05, 3.63) is 53.3 Å². The van der Waals surface area contributed by atoms with E-state index < -0.39 is 5.97 Å². The Morgan fingerprint density at radius 1 is 1.29 bits per heavy atom. The minimum Gasteiger partial charge on any atom is -0.481 e. The Bertz CT molecular complexity index is 821. The molecule has 2 aromatic carbocycles. The summed E-state index contributed by atoms with van der Waals surface area (Å²) in [6.45, 7) is 1.88. The Labute approximate surface area is 119 Å². The second kappa shape index (κ2) is 5.01. The van der Waals surface area contributed by atoms with Crippen molar-refractivity contribution >= 4 is 16.9 Å². The lowest BCUT2D eigenvalue weighted by Crippen LogP contribution is -2.01. The van der Waals surface area contributed by atoms with E-state index in [0.717, 1.165) is 10.9 Å². The van der Waals surface area contributed by atoms with Crippen LogP contribution in [0.2, 0.25) is 0 Å². The molecule has 0 spiro atoms. The van der Waals surface area contributed by atoms with Gasteiger partial charge in [-0.15, -0.1) is 0 Å². The average Bonchev–Trinajstić information content (AvgIpc) is 2.83. The van der Waals surface area contributed by atoms with Crippen molar-refractivity contribution in [3.63, 3.8) is 0 Å². The van der Waals surface area contributed by atoms with Gasteiger partial charge in [0.25, 0.3) is 0 Å². The van der Waals surface area contributed by atoms with Crippen molar-refractivity contribution in [2.24, 2.45) is 0 Å². The van der Waals surface area contributed by atoms with Gasteiger partial charge in [-0.05, 0) is 48.4 Å². The van der Waals surface area contributed by atoms with E-state index in [1.165, 1.54) is 12.1 Å². The number of aromatic nitrogens is 1. The van der Waals surface area contributed by atoms with Crippen molar-refractivity contribution in [3.8, 4) is 11.3 Å².